The number of hydrogen-bond donors (Lipinski definition) is 1. The molecule has 2 aromatic carbocycles. The quantitative estimate of drug-likeness (QED) is 0.645. The van der Waals surface area contributed by atoms with Crippen LogP contribution in [0.2, 0.25) is 0 Å². The van der Waals surface area contributed by atoms with Crippen molar-refractivity contribution in [1.29, 1.82) is 0 Å². The molecular weight excluding hydrogens is 397 g/mol. The Hall–Kier alpha value is -0.710. The molecule has 0 spiro atoms. The van der Waals surface area contributed by atoms with Crippen molar-refractivity contribution in [1.82, 2.24) is 5.32 Å². The lowest BCUT2D eigenvalue weighted by atomic mass is 9.98. The first-order valence-corrected chi connectivity index (χ1v) is 8.61. The van der Waals surface area contributed by atoms with Crippen LogP contribution in [0, 0.1) is 5.82 Å². The highest BCUT2D eigenvalue weighted by atomic mass is 79.9. The summed E-state index contributed by atoms with van der Waals surface area (Å²) in [6.07, 6.45) is 1.94. The van der Waals surface area contributed by atoms with Crippen LogP contribution in [0.15, 0.2) is 51.4 Å². The maximum absolute atomic E-state index is 13.4. The van der Waals surface area contributed by atoms with Gasteiger partial charge in [0, 0.05) is 10.5 Å². The predicted molar refractivity (Wildman–Crippen MR) is 93.0 cm³/mol. The van der Waals surface area contributed by atoms with E-state index < -0.39 is 0 Å². The van der Waals surface area contributed by atoms with Crippen LogP contribution in [0.5, 0.6) is 0 Å². The summed E-state index contributed by atoms with van der Waals surface area (Å²) in [5.41, 5.74) is 2.34. The Morgan fingerprint density at radius 2 is 1.95 bits per heavy atom. The zero-order valence-electron chi connectivity index (χ0n) is 11.9. The fraction of sp³-hybridized carbons (Fsp3) is 0.294. The lowest BCUT2D eigenvalue weighted by Gasteiger charge is -2.20. The third-order valence-electron chi connectivity index (χ3n) is 3.32. The standard InChI is InChI=1S/C17H18Br2FN/c1-2-8-21-17(10-12-4-3-5-14(18)9-12)13-6-7-16(20)15(19)11-13/h3-7,9,11,17,21H,2,8,10H2,1H3. The van der Waals surface area contributed by atoms with Gasteiger partial charge in [-0.15, -0.1) is 0 Å². The molecule has 0 bridgehead atoms. The van der Waals surface area contributed by atoms with E-state index in [-0.39, 0.29) is 11.9 Å². The van der Waals surface area contributed by atoms with Gasteiger partial charge < -0.3 is 5.32 Å². The van der Waals surface area contributed by atoms with Crippen molar-refractivity contribution in [2.75, 3.05) is 6.54 Å². The molecule has 0 aromatic heterocycles. The van der Waals surface area contributed by atoms with E-state index in [1.54, 1.807) is 0 Å². The van der Waals surface area contributed by atoms with Gasteiger partial charge in [0.2, 0.25) is 0 Å². The number of halogens is 3. The molecule has 0 aliphatic carbocycles. The Morgan fingerprint density at radius 3 is 2.62 bits per heavy atom. The van der Waals surface area contributed by atoms with Crippen LogP contribution in [-0.2, 0) is 6.42 Å². The summed E-state index contributed by atoms with van der Waals surface area (Å²) in [4.78, 5) is 0. The molecule has 112 valence electrons. The molecule has 0 heterocycles. The van der Waals surface area contributed by atoms with Crippen LogP contribution in [0.1, 0.15) is 30.5 Å². The van der Waals surface area contributed by atoms with Gasteiger partial charge in [0.1, 0.15) is 5.82 Å². The second kappa shape index (κ2) is 8.06. The summed E-state index contributed by atoms with van der Waals surface area (Å²) in [6, 6.07) is 13.7. The van der Waals surface area contributed by atoms with Gasteiger partial charge in [0.25, 0.3) is 0 Å². The van der Waals surface area contributed by atoms with Crippen molar-refractivity contribution in [2.24, 2.45) is 0 Å². The fourth-order valence-corrected chi connectivity index (χ4v) is 3.10. The molecule has 21 heavy (non-hydrogen) atoms. The van der Waals surface area contributed by atoms with Gasteiger partial charge in [-0.2, -0.15) is 0 Å². The summed E-state index contributed by atoms with van der Waals surface area (Å²) in [5.74, 6) is -0.226. The Morgan fingerprint density at radius 1 is 1.14 bits per heavy atom. The molecule has 0 saturated heterocycles. The van der Waals surface area contributed by atoms with Crippen molar-refractivity contribution in [2.45, 2.75) is 25.8 Å². The Balaban J connectivity index is 2.22. The molecule has 0 fully saturated rings. The molecule has 2 aromatic rings. The zero-order valence-corrected chi connectivity index (χ0v) is 15.0. The van der Waals surface area contributed by atoms with E-state index in [2.05, 4.69) is 56.2 Å². The third kappa shape index (κ3) is 4.90. The van der Waals surface area contributed by atoms with Crippen LogP contribution in [0.3, 0.4) is 0 Å². The molecular formula is C17H18Br2FN. The van der Waals surface area contributed by atoms with Crippen molar-refractivity contribution < 1.29 is 4.39 Å². The minimum absolute atomic E-state index is 0.177. The van der Waals surface area contributed by atoms with Crippen molar-refractivity contribution >= 4 is 31.9 Å². The average molecular weight is 415 g/mol. The molecule has 0 amide bonds. The summed E-state index contributed by atoms with van der Waals surface area (Å²) >= 11 is 6.77. The summed E-state index contributed by atoms with van der Waals surface area (Å²) in [7, 11) is 0. The van der Waals surface area contributed by atoms with Crippen LogP contribution in [0.25, 0.3) is 0 Å². The SMILES string of the molecule is CCCNC(Cc1cccc(Br)c1)c1ccc(F)c(Br)c1. The lowest BCUT2D eigenvalue weighted by Crippen LogP contribution is -2.24. The number of rotatable bonds is 6. The van der Waals surface area contributed by atoms with E-state index in [9.17, 15) is 4.39 Å². The molecule has 4 heteroatoms. The van der Waals surface area contributed by atoms with Gasteiger partial charge in [-0.3, -0.25) is 0 Å². The van der Waals surface area contributed by atoms with Gasteiger partial charge in [-0.1, -0.05) is 41.1 Å². The Labute approximate surface area is 142 Å². The maximum atomic E-state index is 13.4. The highest BCUT2D eigenvalue weighted by molar-refractivity contribution is 9.10. The summed E-state index contributed by atoms with van der Waals surface area (Å²) < 4.78 is 15.0. The first-order chi connectivity index (χ1) is 10.1. The van der Waals surface area contributed by atoms with Crippen LogP contribution in [0.4, 0.5) is 4.39 Å². The second-order valence-corrected chi connectivity index (χ2v) is 6.78. The van der Waals surface area contributed by atoms with Gasteiger partial charge >= 0.3 is 0 Å². The van der Waals surface area contributed by atoms with Crippen molar-refractivity contribution in [3.63, 3.8) is 0 Å². The topological polar surface area (TPSA) is 12.0 Å². The molecule has 0 aliphatic rings. The van der Waals surface area contributed by atoms with Crippen LogP contribution in [-0.4, -0.2) is 6.54 Å². The molecule has 0 radical (unpaired) electrons. The molecule has 0 aliphatic heterocycles. The highest BCUT2D eigenvalue weighted by Gasteiger charge is 2.13. The first kappa shape index (κ1) is 16.7. The van der Waals surface area contributed by atoms with Gasteiger partial charge in [-0.25, -0.2) is 4.39 Å². The van der Waals surface area contributed by atoms with Crippen LogP contribution < -0.4 is 5.32 Å². The third-order valence-corrected chi connectivity index (χ3v) is 4.42. The second-order valence-electron chi connectivity index (χ2n) is 5.01. The lowest BCUT2D eigenvalue weighted by molar-refractivity contribution is 0.527. The van der Waals surface area contributed by atoms with E-state index in [0.29, 0.717) is 4.47 Å². The number of benzene rings is 2. The van der Waals surface area contributed by atoms with Crippen molar-refractivity contribution in [3.8, 4) is 0 Å². The van der Waals surface area contributed by atoms with E-state index >= 15 is 0 Å². The van der Waals surface area contributed by atoms with E-state index in [1.165, 1.54) is 11.6 Å². The summed E-state index contributed by atoms with van der Waals surface area (Å²) in [6.45, 7) is 3.08. The minimum atomic E-state index is -0.226. The molecule has 1 atom stereocenters. The molecule has 2 rings (SSSR count). The number of hydrogen-bond acceptors (Lipinski definition) is 1. The Kier molecular flexibility index (Phi) is 6.40. The normalized spacial score (nSPS) is 12.4. The number of nitrogens with one attached hydrogen (secondary N) is 1. The first-order valence-electron chi connectivity index (χ1n) is 7.03. The van der Waals surface area contributed by atoms with Crippen LogP contribution >= 0.6 is 31.9 Å². The minimum Gasteiger partial charge on any atom is -0.310 e. The summed E-state index contributed by atoms with van der Waals surface area (Å²) in [5, 5.41) is 3.54. The monoisotopic (exact) mass is 413 g/mol. The smallest absolute Gasteiger partial charge is 0.137 e. The van der Waals surface area contributed by atoms with Gasteiger partial charge in [0.15, 0.2) is 0 Å². The molecule has 0 saturated carbocycles. The maximum Gasteiger partial charge on any atom is 0.137 e. The fourth-order valence-electron chi connectivity index (χ4n) is 2.26. The molecule has 1 N–H and O–H groups in total. The predicted octanol–water partition coefficient (Wildman–Crippen LogP) is 5.63. The zero-order chi connectivity index (χ0) is 15.2. The highest BCUT2D eigenvalue weighted by Crippen LogP contribution is 2.25. The Bertz CT molecular complexity index is 601. The van der Waals surface area contributed by atoms with Crippen molar-refractivity contribution in [3.05, 3.63) is 68.4 Å². The van der Waals surface area contributed by atoms with E-state index in [1.807, 2.05) is 24.3 Å². The average Bonchev–Trinajstić information content (AvgIpc) is 2.46. The molecule has 1 nitrogen and oxygen atoms in total. The van der Waals surface area contributed by atoms with E-state index in [4.69, 9.17) is 0 Å². The molecule has 1 unspecified atom stereocenters. The van der Waals surface area contributed by atoms with Gasteiger partial charge in [-0.05, 0) is 70.7 Å². The largest absolute Gasteiger partial charge is 0.310 e. The van der Waals surface area contributed by atoms with E-state index in [0.717, 1.165) is 29.4 Å². The van der Waals surface area contributed by atoms with Gasteiger partial charge in [0.05, 0.1) is 4.47 Å².